The zero-order valence-corrected chi connectivity index (χ0v) is 14.2. The van der Waals surface area contributed by atoms with E-state index in [9.17, 15) is 4.79 Å². The number of unbranched alkanes of at least 4 members (excludes halogenated alkanes) is 1. The number of carbonyl (C=O) groups excluding carboxylic acids is 1. The van der Waals surface area contributed by atoms with Crippen LogP contribution >= 0.6 is 11.8 Å². The number of carbonyl (C=O) groups is 1. The molecule has 0 radical (unpaired) electrons. The monoisotopic (exact) mass is 322 g/mol. The van der Waals surface area contributed by atoms with Gasteiger partial charge < -0.3 is 14.6 Å². The second kappa shape index (κ2) is 7.40. The van der Waals surface area contributed by atoms with E-state index in [4.69, 9.17) is 4.74 Å². The lowest BCUT2D eigenvalue weighted by atomic mass is 10.2. The number of imidazole rings is 1. The molecule has 0 bridgehead atoms. The summed E-state index contributed by atoms with van der Waals surface area (Å²) in [6.07, 6.45) is 3.40. The number of thioether (sulfide) groups is 1. The topological polar surface area (TPSA) is 70.2 Å². The van der Waals surface area contributed by atoms with E-state index in [1.165, 1.54) is 0 Å². The van der Waals surface area contributed by atoms with Crippen LogP contribution in [0.5, 0.6) is 0 Å². The van der Waals surface area contributed by atoms with Crippen molar-refractivity contribution in [3.63, 3.8) is 0 Å². The zero-order chi connectivity index (χ0) is 16.1. The second-order valence-electron chi connectivity index (χ2n) is 5.14. The number of nitrogens with one attached hydrogen (secondary N) is 2. The molecule has 2 aromatic rings. The van der Waals surface area contributed by atoms with Gasteiger partial charge in [-0.2, -0.15) is 0 Å². The van der Waals surface area contributed by atoms with Crippen molar-refractivity contribution in [3.8, 4) is 0 Å². The lowest BCUT2D eigenvalue weighted by Crippen LogP contribution is -2.18. The summed E-state index contributed by atoms with van der Waals surface area (Å²) >= 11 is 1.55. The molecule has 2 rings (SSSR count). The maximum atomic E-state index is 11.9. The highest BCUT2D eigenvalue weighted by Crippen LogP contribution is 2.30. The number of rotatable bonds is 6. The molecule has 0 spiro atoms. The number of aromatic amines is 1. The average molecular weight is 322 g/mol. The molecule has 2 N–H and O–H groups in total. The Balaban J connectivity index is 2.26. The Morgan fingerprint density at radius 1 is 1.45 bits per heavy atom. The third-order valence-electron chi connectivity index (χ3n) is 3.22. The van der Waals surface area contributed by atoms with Crippen LogP contribution in [0.2, 0.25) is 0 Å². The Hall–Kier alpha value is -1.89. The van der Waals surface area contributed by atoms with Gasteiger partial charge in [-0.05, 0) is 24.8 Å². The Morgan fingerprint density at radius 2 is 2.23 bits per heavy atom. The Kier molecular flexibility index (Phi) is 5.54. The van der Waals surface area contributed by atoms with Crippen LogP contribution in [0.25, 0.3) is 11.0 Å². The lowest BCUT2D eigenvalue weighted by Gasteiger charge is -2.18. The van der Waals surface area contributed by atoms with Gasteiger partial charge in [0.05, 0.1) is 29.0 Å². The van der Waals surface area contributed by atoms with E-state index >= 15 is 0 Å². The van der Waals surface area contributed by atoms with E-state index in [0.29, 0.717) is 12.3 Å². The van der Waals surface area contributed by atoms with Crippen molar-refractivity contribution in [2.24, 2.45) is 0 Å². The number of amides is 1. The van der Waals surface area contributed by atoms with Crippen LogP contribution in [0, 0.1) is 0 Å². The van der Waals surface area contributed by atoms with Gasteiger partial charge in [-0.15, -0.1) is 0 Å². The predicted octanol–water partition coefficient (Wildman–Crippen LogP) is 3.70. The summed E-state index contributed by atoms with van der Waals surface area (Å²) in [6.45, 7) is 2.49. The maximum absolute atomic E-state index is 11.9. The van der Waals surface area contributed by atoms with Gasteiger partial charge in [-0.1, -0.05) is 25.1 Å². The first-order valence-corrected chi connectivity index (χ1v) is 8.46. The Bertz CT molecular complexity index is 654. The molecule has 1 heterocycles. The molecule has 0 aliphatic carbocycles. The highest BCUT2D eigenvalue weighted by Gasteiger charge is 2.13. The van der Waals surface area contributed by atoms with Crippen LogP contribution in [0.3, 0.4) is 0 Å². The fraction of sp³-hybridized carbons (Fsp3) is 0.467. The Morgan fingerprint density at radius 3 is 2.86 bits per heavy atom. The highest BCUT2D eigenvalue weighted by molar-refractivity contribution is 7.98. The average Bonchev–Trinajstić information content (AvgIpc) is 2.88. The number of hydrogen-bond donors (Lipinski definition) is 2. The van der Waals surface area contributed by atoms with Gasteiger partial charge in [0.15, 0.2) is 5.16 Å². The van der Waals surface area contributed by atoms with Crippen molar-refractivity contribution in [2.75, 3.05) is 37.2 Å². The minimum atomic E-state index is -0.430. The first-order chi connectivity index (χ1) is 10.5. The maximum Gasteiger partial charge on any atom is 0.411 e. The van der Waals surface area contributed by atoms with Gasteiger partial charge in [-0.3, -0.25) is 5.32 Å². The summed E-state index contributed by atoms with van der Waals surface area (Å²) in [7, 11) is 3.85. The summed E-state index contributed by atoms with van der Waals surface area (Å²) in [5.41, 5.74) is 3.35. The number of benzene rings is 1. The molecule has 22 heavy (non-hydrogen) atoms. The fourth-order valence-corrected chi connectivity index (χ4v) is 2.45. The van der Waals surface area contributed by atoms with Crippen LogP contribution in [0.1, 0.15) is 19.8 Å². The van der Waals surface area contributed by atoms with Crippen molar-refractivity contribution in [2.45, 2.75) is 24.9 Å². The number of fused-ring (bicyclic) bond motifs is 1. The molecule has 0 aliphatic rings. The van der Waals surface area contributed by atoms with Gasteiger partial charge in [0.25, 0.3) is 0 Å². The number of nitrogens with zero attached hydrogens (tertiary/aromatic N) is 2. The standard InChI is InChI=1S/C15H22N4O2S/c1-5-6-7-21-15(20)18-12-8-10-11(9-13(12)19(2)3)17-14(16-10)22-4/h8-9H,5-7H2,1-4H3,(H,16,17)(H,18,20). The van der Waals surface area contributed by atoms with E-state index in [0.717, 1.165) is 34.7 Å². The molecule has 6 nitrogen and oxygen atoms in total. The SMILES string of the molecule is CCCCOC(=O)Nc1cc2[nH]c(SC)nc2cc1N(C)C. The predicted molar refractivity (Wildman–Crippen MR) is 92.1 cm³/mol. The molecular weight excluding hydrogens is 300 g/mol. The molecule has 0 fully saturated rings. The number of hydrogen-bond acceptors (Lipinski definition) is 5. The molecule has 0 saturated heterocycles. The lowest BCUT2D eigenvalue weighted by molar-refractivity contribution is 0.160. The first kappa shape index (κ1) is 16.5. The number of anilines is 2. The van der Waals surface area contributed by atoms with Crippen LogP contribution in [-0.4, -0.2) is 43.0 Å². The largest absolute Gasteiger partial charge is 0.449 e. The third kappa shape index (κ3) is 3.85. The van der Waals surface area contributed by atoms with Crippen molar-refractivity contribution >= 4 is 40.3 Å². The normalized spacial score (nSPS) is 10.7. The van der Waals surface area contributed by atoms with Crippen LogP contribution < -0.4 is 10.2 Å². The van der Waals surface area contributed by atoms with Gasteiger partial charge in [0.2, 0.25) is 0 Å². The molecule has 0 atom stereocenters. The van der Waals surface area contributed by atoms with Crippen LogP contribution in [0.4, 0.5) is 16.2 Å². The van der Waals surface area contributed by atoms with Gasteiger partial charge in [0, 0.05) is 14.1 Å². The number of ether oxygens (including phenoxy) is 1. The van der Waals surface area contributed by atoms with E-state index in [1.807, 2.05) is 37.4 Å². The highest BCUT2D eigenvalue weighted by atomic mass is 32.2. The molecule has 1 amide bonds. The molecule has 1 aromatic heterocycles. The van der Waals surface area contributed by atoms with Gasteiger partial charge in [0.1, 0.15) is 0 Å². The van der Waals surface area contributed by atoms with Crippen molar-refractivity contribution < 1.29 is 9.53 Å². The van der Waals surface area contributed by atoms with E-state index in [-0.39, 0.29) is 0 Å². The smallest absolute Gasteiger partial charge is 0.411 e. The van der Waals surface area contributed by atoms with E-state index < -0.39 is 6.09 Å². The summed E-state index contributed by atoms with van der Waals surface area (Å²) in [6, 6.07) is 3.84. The number of H-pyrrole nitrogens is 1. The van der Waals surface area contributed by atoms with Crippen molar-refractivity contribution in [3.05, 3.63) is 12.1 Å². The minimum absolute atomic E-state index is 0.430. The molecule has 0 aliphatic heterocycles. The van der Waals surface area contributed by atoms with Crippen LogP contribution in [0.15, 0.2) is 17.3 Å². The number of aromatic nitrogens is 2. The Labute approximate surface area is 134 Å². The molecule has 0 saturated carbocycles. The summed E-state index contributed by atoms with van der Waals surface area (Å²) < 4.78 is 5.16. The van der Waals surface area contributed by atoms with Crippen molar-refractivity contribution in [1.29, 1.82) is 0 Å². The van der Waals surface area contributed by atoms with Gasteiger partial charge in [-0.25, -0.2) is 9.78 Å². The molecule has 0 unspecified atom stereocenters. The van der Waals surface area contributed by atoms with E-state index in [2.05, 4.69) is 22.2 Å². The van der Waals surface area contributed by atoms with Crippen molar-refractivity contribution in [1.82, 2.24) is 9.97 Å². The molecule has 7 heteroatoms. The molecule has 1 aromatic carbocycles. The first-order valence-electron chi connectivity index (χ1n) is 7.24. The second-order valence-corrected chi connectivity index (χ2v) is 5.94. The van der Waals surface area contributed by atoms with Crippen LogP contribution in [-0.2, 0) is 4.74 Å². The minimum Gasteiger partial charge on any atom is -0.449 e. The zero-order valence-electron chi connectivity index (χ0n) is 13.4. The summed E-state index contributed by atoms with van der Waals surface area (Å²) in [4.78, 5) is 21.5. The summed E-state index contributed by atoms with van der Waals surface area (Å²) in [5, 5.41) is 3.66. The van der Waals surface area contributed by atoms with E-state index in [1.54, 1.807) is 11.8 Å². The quantitative estimate of drug-likeness (QED) is 0.627. The molecule has 120 valence electrons. The fourth-order valence-electron chi connectivity index (χ4n) is 2.04. The summed E-state index contributed by atoms with van der Waals surface area (Å²) in [5.74, 6) is 0. The molecular formula is C15H22N4O2S. The van der Waals surface area contributed by atoms with Gasteiger partial charge >= 0.3 is 6.09 Å². The third-order valence-corrected chi connectivity index (χ3v) is 3.80.